The summed E-state index contributed by atoms with van der Waals surface area (Å²) in [6.07, 6.45) is 0. The molecule has 1 aromatic carbocycles. The zero-order valence-electron chi connectivity index (χ0n) is 14.8. The monoisotopic (exact) mass is 386 g/mol. The molecule has 10 heteroatoms. The van der Waals surface area contributed by atoms with Crippen molar-refractivity contribution < 1.29 is 14.3 Å². The molecule has 0 atom stereocenters. The predicted molar refractivity (Wildman–Crippen MR) is 97.1 cm³/mol. The van der Waals surface area contributed by atoms with E-state index in [4.69, 9.17) is 9.47 Å². The summed E-state index contributed by atoms with van der Waals surface area (Å²) in [5, 5.41) is 12.8. The Labute approximate surface area is 159 Å². The van der Waals surface area contributed by atoms with Crippen molar-refractivity contribution in [3.05, 3.63) is 34.6 Å². The molecule has 0 bridgehead atoms. The van der Waals surface area contributed by atoms with Gasteiger partial charge >= 0.3 is 0 Å². The van der Waals surface area contributed by atoms with Gasteiger partial charge in [-0.05, 0) is 24.6 Å². The Balaban J connectivity index is 1.21. The Morgan fingerprint density at radius 1 is 1.15 bits per heavy atom. The van der Waals surface area contributed by atoms with Crippen LogP contribution in [0.2, 0.25) is 0 Å². The highest BCUT2D eigenvalue weighted by molar-refractivity contribution is 7.18. The van der Waals surface area contributed by atoms with Gasteiger partial charge in [-0.15, -0.1) is 15.3 Å². The van der Waals surface area contributed by atoms with E-state index in [9.17, 15) is 4.79 Å². The minimum absolute atomic E-state index is 0.0346. The zero-order valence-corrected chi connectivity index (χ0v) is 15.6. The lowest BCUT2D eigenvalue weighted by Crippen LogP contribution is -2.48. The summed E-state index contributed by atoms with van der Waals surface area (Å²) in [4.78, 5) is 17.6. The maximum Gasteiger partial charge on any atom is 0.284 e. The number of fused-ring (bicyclic) bond motifs is 2. The molecule has 9 nitrogen and oxygen atoms in total. The smallest absolute Gasteiger partial charge is 0.284 e. The average molecular weight is 386 g/mol. The Bertz CT molecular complexity index is 1010. The molecule has 0 saturated carbocycles. The topological polar surface area (TPSA) is 85.1 Å². The van der Waals surface area contributed by atoms with Crippen LogP contribution in [-0.4, -0.2) is 68.5 Å². The molecule has 1 fully saturated rings. The number of benzene rings is 1. The Hall–Kier alpha value is -2.72. The third-order valence-corrected chi connectivity index (χ3v) is 5.72. The van der Waals surface area contributed by atoms with E-state index in [2.05, 4.69) is 26.3 Å². The molecule has 4 heterocycles. The number of rotatable bonds is 3. The van der Waals surface area contributed by atoms with Crippen LogP contribution in [-0.2, 0) is 6.54 Å². The molecule has 1 amide bonds. The predicted octanol–water partition coefficient (Wildman–Crippen LogP) is 1.18. The van der Waals surface area contributed by atoms with Crippen LogP contribution in [0.1, 0.15) is 21.2 Å². The SMILES string of the molecule is Cc1nnc2sc(C(=O)N3CCN(Cc4ccc5c(c4)OCO5)CC3)nn12. The van der Waals surface area contributed by atoms with Gasteiger partial charge in [-0.2, -0.15) is 4.52 Å². The lowest BCUT2D eigenvalue weighted by Gasteiger charge is -2.34. The molecule has 1 saturated heterocycles. The second-order valence-corrected chi connectivity index (χ2v) is 7.56. The van der Waals surface area contributed by atoms with Crippen LogP contribution in [0.15, 0.2) is 18.2 Å². The van der Waals surface area contributed by atoms with E-state index in [0.717, 1.165) is 31.1 Å². The Morgan fingerprint density at radius 3 is 2.78 bits per heavy atom. The van der Waals surface area contributed by atoms with Crippen LogP contribution >= 0.6 is 11.3 Å². The number of hydrogen-bond donors (Lipinski definition) is 0. The lowest BCUT2D eigenvalue weighted by molar-refractivity contribution is 0.0627. The summed E-state index contributed by atoms with van der Waals surface area (Å²) in [5.41, 5.74) is 1.18. The van der Waals surface area contributed by atoms with E-state index in [1.807, 2.05) is 24.0 Å². The van der Waals surface area contributed by atoms with E-state index >= 15 is 0 Å². The van der Waals surface area contributed by atoms with Crippen LogP contribution in [0, 0.1) is 6.92 Å². The molecule has 2 aromatic heterocycles. The quantitative estimate of drug-likeness (QED) is 0.668. The molecule has 0 unspecified atom stereocenters. The third-order valence-electron chi connectivity index (χ3n) is 4.83. The van der Waals surface area contributed by atoms with Gasteiger partial charge in [0.25, 0.3) is 5.91 Å². The summed E-state index contributed by atoms with van der Waals surface area (Å²) in [5.74, 6) is 2.26. The standard InChI is InChI=1S/C17H18N6O3S/c1-11-18-19-17-23(11)20-15(27-17)16(24)22-6-4-21(5-7-22)9-12-2-3-13-14(8-12)26-10-25-13/h2-3,8H,4-7,9-10H2,1H3. The van der Waals surface area contributed by atoms with Crippen LogP contribution < -0.4 is 9.47 Å². The summed E-state index contributed by atoms with van der Waals surface area (Å²) in [7, 11) is 0. The van der Waals surface area contributed by atoms with Gasteiger partial charge < -0.3 is 14.4 Å². The molecule has 0 aliphatic carbocycles. The number of aromatic nitrogens is 4. The number of ether oxygens (including phenoxy) is 2. The molecule has 0 spiro atoms. The van der Waals surface area contributed by atoms with Crippen molar-refractivity contribution in [3.8, 4) is 11.5 Å². The average Bonchev–Trinajstić information content (AvgIpc) is 3.39. The molecular formula is C17H18N6O3S. The maximum absolute atomic E-state index is 12.7. The van der Waals surface area contributed by atoms with E-state index in [1.54, 1.807) is 4.52 Å². The Morgan fingerprint density at radius 2 is 1.96 bits per heavy atom. The van der Waals surface area contributed by atoms with Gasteiger partial charge in [-0.25, -0.2) is 0 Å². The summed E-state index contributed by atoms with van der Waals surface area (Å²) >= 11 is 1.28. The summed E-state index contributed by atoms with van der Waals surface area (Å²) < 4.78 is 12.4. The highest BCUT2D eigenvalue weighted by atomic mass is 32.1. The highest BCUT2D eigenvalue weighted by Gasteiger charge is 2.26. The van der Waals surface area contributed by atoms with Crippen molar-refractivity contribution in [2.45, 2.75) is 13.5 Å². The number of nitrogens with zero attached hydrogens (tertiary/aromatic N) is 6. The summed E-state index contributed by atoms with van der Waals surface area (Å²) in [6, 6.07) is 6.04. The normalized spacial score (nSPS) is 17.0. The Kier molecular flexibility index (Phi) is 3.94. The minimum atomic E-state index is -0.0346. The minimum Gasteiger partial charge on any atom is -0.454 e. The van der Waals surface area contributed by atoms with Crippen molar-refractivity contribution in [3.63, 3.8) is 0 Å². The van der Waals surface area contributed by atoms with Gasteiger partial charge in [0, 0.05) is 32.7 Å². The van der Waals surface area contributed by atoms with Crippen LogP contribution in [0.4, 0.5) is 0 Å². The molecule has 0 N–H and O–H groups in total. The molecular weight excluding hydrogens is 368 g/mol. The van der Waals surface area contributed by atoms with Crippen LogP contribution in [0.3, 0.4) is 0 Å². The van der Waals surface area contributed by atoms with E-state index < -0.39 is 0 Å². The van der Waals surface area contributed by atoms with Gasteiger partial charge in [-0.1, -0.05) is 17.4 Å². The van der Waals surface area contributed by atoms with Crippen molar-refractivity contribution in [2.24, 2.45) is 0 Å². The molecule has 0 radical (unpaired) electrons. The van der Waals surface area contributed by atoms with Gasteiger partial charge in [0.1, 0.15) is 0 Å². The number of amides is 1. The van der Waals surface area contributed by atoms with Crippen molar-refractivity contribution in [2.75, 3.05) is 33.0 Å². The first-order valence-electron chi connectivity index (χ1n) is 8.76. The van der Waals surface area contributed by atoms with Gasteiger partial charge in [0.2, 0.25) is 16.8 Å². The molecule has 27 heavy (non-hydrogen) atoms. The number of hydrogen-bond acceptors (Lipinski definition) is 8. The first kappa shape index (κ1) is 16.5. The summed E-state index contributed by atoms with van der Waals surface area (Å²) in [6.45, 7) is 5.95. The van der Waals surface area contributed by atoms with E-state index in [1.165, 1.54) is 16.9 Å². The number of carbonyl (C=O) groups is 1. The molecule has 2 aliphatic rings. The fraction of sp³-hybridized carbons (Fsp3) is 0.412. The second-order valence-electron chi connectivity index (χ2n) is 6.60. The largest absolute Gasteiger partial charge is 0.454 e. The van der Waals surface area contributed by atoms with Crippen molar-refractivity contribution in [1.82, 2.24) is 29.6 Å². The first-order chi connectivity index (χ1) is 13.2. The first-order valence-corrected chi connectivity index (χ1v) is 9.58. The number of piperazine rings is 1. The van der Waals surface area contributed by atoms with Crippen LogP contribution in [0.5, 0.6) is 11.5 Å². The van der Waals surface area contributed by atoms with Gasteiger partial charge in [0.15, 0.2) is 17.3 Å². The van der Waals surface area contributed by atoms with Gasteiger partial charge in [-0.3, -0.25) is 9.69 Å². The van der Waals surface area contributed by atoms with Gasteiger partial charge in [0.05, 0.1) is 0 Å². The molecule has 2 aliphatic heterocycles. The zero-order chi connectivity index (χ0) is 18.4. The van der Waals surface area contributed by atoms with Crippen molar-refractivity contribution in [1.29, 1.82) is 0 Å². The lowest BCUT2D eigenvalue weighted by atomic mass is 10.1. The van der Waals surface area contributed by atoms with E-state index in [-0.39, 0.29) is 12.7 Å². The van der Waals surface area contributed by atoms with Crippen LogP contribution in [0.25, 0.3) is 4.96 Å². The molecule has 5 rings (SSSR count). The number of carbonyl (C=O) groups excluding carboxylic acids is 1. The third kappa shape index (κ3) is 3.00. The fourth-order valence-electron chi connectivity index (χ4n) is 3.34. The van der Waals surface area contributed by atoms with E-state index in [0.29, 0.717) is 28.9 Å². The second kappa shape index (κ2) is 6.46. The molecule has 140 valence electrons. The fourth-order valence-corrected chi connectivity index (χ4v) is 4.20. The van der Waals surface area contributed by atoms with Crippen molar-refractivity contribution >= 4 is 22.2 Å². The maximum atomic E-state index is 12.7. The highest BCUT2D eigenvalue weighted by Crippen LogP contribution is 2.32. The number of aryl methyl sites for hydroxylation is 1. The molecule has 3 aromatic rings.